The van der Waals surface area contributed by atoms with E-state index in [2.05, 4.69) is 78.7 Å². The Bertz CT molecular complexity index is 859. The van der Waals surface area contributed by atoms with Gasteiger partial charge in [0.25, 0.3) is 0 Å². The second-order valence-corrected chi connectivity index (χ2v) is 7.47. The number of nitrogens with one attached hydrogen (secondary N) is 1. The van der Waals surface area contributed by atoms with Gasteiger partial charge < -0.3 is 9.84 Å². The zero-order valence-electron chi connectivity index (χ0n) is 15.1. The van der Waals surface area contributed by atoms with Gasteiger partial charge in [0.05, 0.1) is 0 Å². The Morgan fingerprint density at radius 2 is 1.80 bits per heavy atom. The summed E-state index contributed by atoms with van der Waals surface area (Å²) in [5, 5.41) is 10.5. The van der Waals surface area contributed by atoms with Crippen LogP contribution >= 0.6 is 0 Å². The molecular weight excluding hydrogens is 310 g/mol. The molecule has 2 aromatic carbocycles. The first-order chi connectivity index (χ1) is 12.1. The SMILES string of the molecule is CC(C)c1noc(C2CC(N[C@H](C)c3cccc4ccccc34)C2)n1. The van der Waals surface area contributed by atoms with Crippen LogP contribution in [0.25, 0.3) is 10.8 Å². The third-order valence-electron chi connectivity index (χ3n) is 5.24. The first kappa shape index (κ1) is 16.3. The van der Waals surface area contributed by atoms with Crippen LogP contribution in [-0.4, -0.2) is 16.2 Å². The van der Waals surface area contributed by atoms with Crippen LogP contribution in [0.1, 0.15) is 68.8 Å². The van der Waals surface area contributed by atoms with Crippen LogP contribution in [0.2, 0.25) is 0 Å². The molecule has 1 atom stereocenters. The topological polar surface area (TPSA) is 51.0 Å². The van der Waals surface area contributed by atoms with Crippen LogP contribution in [0.15, 0.2) is 47.0 Å². The van der Waals surface area contributed by atoms with Gasteiger partial charge in [0.2, 0.25) is 5.89 Å². The molecule has 4 rings (SSSR count). The van der Waals surface area contributed by atoms with Crippen molar-refractivity contribution in [3.63, 3.8) is 0 Å². The van der Waals surface area contributed by atoms with E-state index in [1.54, 1.807) is 0 Å². The van der Waals surface area contributed by atoms with Crippen molar-refractivity contribution < 1.29 is 4.52 Å². The molecule has 1 heterocycles. The molecule has 0 amide bonds. The molecule has 0 bridgehead atoms. The highest BCUT2D eigenvalue weighted by Gasteiger charge is 2.35. The minimum absolute atomic E-state index is 0.317. The van der Waals surface area contributed by atoms with Crippen LogP contribution in [0.5, 0.6) is 0 Å². The monoisotopic (exact) mass is 335 g/mol. The predicted octanol–water partition coefficient (Wildman–Crippen LogP) is 4.94. The summed E-state index contributed by atoms with van der Waals surface area (Å²) in [5.41, 5.74) is 1.36. The maximum absolute atomic E-state index is 5.44. The number of hydrogen-bond donors (Lipinski definition) is 1. The van der Waals surface area contributed by atoms with Gasteiger partial charge in [0.1, 0.15) is 0 Å². The van der Waals surface area contributed by atoms with Gasteiger partial charge in [-0.05, 0) is 36.1 Å². The summed E-state index contributed by atoms with van der Waals surface area (Å²) in [5.74, 6) is 2.34. The molecule has 0 saturated heterocycles. The highest BCUT2D eigenvalue weighted by molar-refractivity contribution is 5.86. The van der Waals surface area contributed by atoms with Crippen LogP contribution in [0.4, 0.5) is 0 Å². The van der Waals surface area contributed by atoms with Gasteiger partial charge in [0.15, 0.2) is 5.82 Å². The lowest BCUT2D eigenvalue weighted by atomic mass is 9.79. The van der Waals surface area contributed by atoms with Crippen LogP contribution < -0.4 is 5.32 Å². The zero-order valence-corrected chi connectivity index (χ0v) is 15.1. The molecule has 0 unspecified atom stereocenters. The molecule has 0 spiro atoms. The first-order valence-corrected chi connectivity index (χ1v) is 9.19. The molecule has 4 heteroatoms. The fourth-order valence-electron chi connectivity index (χ4n) is 3.67. The second kappa shape index (κ2) is 6.60. The summed E-state index contributed by atoms with van der Waals surface area (Å²) in [7, 11) is 0. The van der Waals surface area contributed by atoms with Gasteiger partial charge in [-0.3, -0.25) is 0 Å². The smallest absolute Gasteiger partial charge is 0.229 e. The van der Waals surface area contributed by atoms with E-state index in [4.69, 9.17) is 4.52 Å². The Morgan fingerprint density at radius 3 is 2.56 bits per heavy atom. The number of fused-ring (bicyclic) bond motifs is 1. The maximum Gasteiger partial charge on any atom is 0.229 e. The third-order valence-corrected chi connectivity index (χ3v) is 5.24. The van der Waals surface area contributed by atoms with Crippen LogP contribution in [-0.2, 0) is 0 Å². The Labute approximate surface area is 148 Å². The highest BCUT2D eigenvalue weighted by Crippen LogP contribution is 2.38. The maximum atomic E-state index is 5.44. The third kappa shape index (κ3) is 3.19. The Kier molecular flexibility index (Phi) is 4.30. The molecule has 4 nitrogen and oxygen atoms in total. The zero-order chi connectivity index (χ0) is 17.4. The number of rotatable bonds is 5. The highest BCUT2D eigenvalue weighted by atomic mass is 16.5. The van der Waals surface area contributed by atoms with Crippen molar-refractivity contribution >= 4 is 10.8 Å². The normalized spacial score (nSPS) is 21.4. The van der Waals surface area contributed by atoms with Crippen molar-refractivity contribution in [1.29, 1.82) is 0 Å². The molecule has 1 aliphatic carbocycles. The molecule has 25 heavy (non-hydrogen) atoms. The molecule has 1 N–H and O–H groups in total. The average molecular weight is 335 g/mol. The Morgan fingerprint density at radius 1 is 1.04 bits per heavy atom. The molecule has 3 aromatic rings. The van der Waals surface area contributed by atoms with Crippen LogP contribution in [0.3, 0.4) is 0 Å². The summed E-state index contributed by atoms with van der Waals surface area (Å²) >= 11 is 0. The lowest BCUT2D eigenvalue weighted by Gasteiger charge is -2.36. The molecule has 1 aliphatic rings. The summed E-state index contributed by atoms with van der Waals surface area (Å²) in [6.45, 7) is 6.43. The van der Waals surface area contributed by atoms with E-state index in [-0.39, 0.29) is 0 Å². The molecule has 1 fully saturated rings. The number of nitrogens with zero attached hydrogens (tertiary/aromatic N) is 2. The van der Waals surface area contributed by atoms with Gasteiger partial charge in [0, 0.05) is 23.9 Å². The van der Waals surface area contributed by atoms with E-state index in [0.717, 1.165) is 24.6 Å². The quantitative estimate of drug-likeness (QED) is 0.717. The van der Waals surface area contributed by atoms with Gasteiger partial charge in [-0.1, -0.05) is 61.5 Å². The van der Waals surface area contributed by atoms with Gasteiger partial charge in [-0.2, -0.15) is 4.98 Å². The first-order valence-electron chi connectivity index (χ1n) is 9.19. The van der Waals surface area contributed by atoms with Crippen molar-refractivity contribution in [2.75, 3.05) is 0 Å². The van der Waals surface area contributed by atoms with Gasteiger partial charge in [-0.25, -0.2) is 0 Å². The second-order valence-electron chi connectivity index (χ2n) is 7.47. The lowest BCUT2D eigenvalue weighted by molar-refractivity contribution is 0.222. The minimum atomic E-state index is 0.317. The van der Waals surface area contributed by atoms with Crippen LogP contribution in [0, 0.1) is 0 Å². The fraction of sp³-hybridized carbons (Fsp3) is 0.429. The standard InChI is InChI=1S/C21H25N3O/c1-13(2)20-23-21(25-24-20)16-11-17(12-16)22-14(3)18-10-6-8-15-7-4-5-9-19(15)18/h4-10,13-14,16-17,22H,11-12H2,1-3H3/t14-,16?,17?/m1/s1. The van der Waals surface area contributed by atoms with Crippen molar-refractivity contribution in [2.24, 2.45) is 0 Å². The molecular formula is C21H25N3O. The molecule has 0 aliphatic heterocycles. The Hall–Kier alpha value is -2.20. The number of benzene rings is 2. The van der Waals surface area contributed by atoms with E-state index in [1.165, 1.54) is 16.3 Å². The van der Waals surface area contributed by atoms with E-state index < -0.39 is 0 Å². The summed E-state index contributed by atoms with van der Waals surface area (Å²) < 4.78 is 5.44. The largest absolute Gasteiger partial charge is 0.339 e. The summed E-state index contributed by atoms with van der Waals surface area (Å²) in [6.07, 6.45) is 2.13. The minimum Gasteiger partial charge on any atom is -0.339 e. The summed E-state index contributed by atoms with van der Waals surface area (Å²) in [6, 6.07) is 16.0. The number of hydrogen-bond acceptors (Lipinski definition) is 4. The van der Waals surface area contributed by atoms with Gasteiger partial charge >= 0.3 is 0 Å². The fourth-order valence-corrected chi connectivity index (χ4v) is 3.67. The predicted molar refractivity (Wildman–Crippen MR) is 99.6 cm³/mol. The van der Waals surface area contributed by atoms with E-state index >= 15 is 0 Å². The van der Waals surface area contributed by atoms with Crippen molar-refractivity contribution in [3.8, 4) is 0 Å². The summed E-state index contributed by atoms with van der Waals surface area (Å²) in [4.78, 5) is 4.54. The lowest BCUT2D eigenvalue weighted by Crippen LogP contribution is -2.41. The molecule has 0 radical (unpaired) electrons. The molecule has 1 saturated carbocycles. The number of aromatic nitrogens is 2. The molecule has 130 valence electrons. The van der Waals surface area contributed by atoms with E-state index in [0.29, 0.717) is 23.9 Å². The average Bonchev–Trinajstić information content (AvgIpc) is 3.06. The van der Waals surface area contributed by atoms with Crippen molar-refractivity contribution in [2.45, 2.75) is 57.5 Å². The van der Waals surface area contributed by atoms with Crippen molar-refractivity contribution in [1.82, 2.24) is 15.5 Å². The van der Waals surface area contributed by atoms with Crippen molar-refractivity contribution in [3.05, 3.63) is 59.7 Å². The molecule has 1 aromatic heterocycles. The van der Waals surface area contributed by atoms with E-state index in [9.17, 15) is 0 Å². The Balaban J connectivity index is 1.40. The van der Waals surface area contributed by atoms with E-state index in [1.807, 2.05) is 0 Å². The van der Waals surface area contributed by atoms with Gasteiger partial charge in [-0.15, -0.1) is 0 Å².